The summed E-state index contributed by atoms with van der Waals surface area (Å²) in [6.07, 6.45) is 3.36. The minimum atomic E-state index is -1.24. The Kier molecular flexibility index (Phi) is 16.7. The molecular weight excluding hydrogens is 636 g/mol. The average molecular weight is 683 g/mol. The Hall–Kier alpha value is -4.35. The molecule has 2 aromatic heterocycles. The molecule has 0 spiro atoms. The van der Waals surface area contributed by atoms with E-state index in [4.69, 9.17) is 10.8 Å². The number of rotatable bonds is 19. The zero-order valence-corrected chi connectivity index (χ0v) is 28.2. The highest BCUT2D eigenvalue weighted by Gasteiger charge is 2.28. The number of hydrogen-bond acceptors (Lipinski definition) is 10. The smallest absolute Gasteiger partial charge is 0.325 e. The monoisotopic (exact) mass is 682 g/mol. The first kappa shape index (κ1) is 40.7. The summed E-state index contributed by atoms with van der Waals surface area (Å²) in [7, 11) is 0. The molecule has 4 atom stereocenters. The standard InChI is InChI=1S/C29H46N10O7.ClH/c1-14(2)7-18(9-30)38-27(43)23-24(35-13-34-23)28(44)39-19(8-15(3)4)20(40)11-31-10-16(5)36-25(41)21-22(33-12-32-21)26(42)37-17(6)29(45)46;/h12-19,31H,7-11,30H2,1-6H3,(H,32,33)(H,34,35)(H,36,41)(H,37,42)(H,38,43)(H,39,44)(H,45,46);1H/t16-,17-,18-,19-;/m0./s1. The molecule has 0 aliphatic carbocycles. The number of aliphatic carboxylic acids is 1. The van der Waals surface area contributed by atoms with E-state index in [1.54, 1.807) is 6.92 Å². The maximum Gasteiger partial charge on any atom is 0.325 e. The molecule has 0 saturated heterocycles. The van der Waals surface area contributed by atoms with Crippen molar-refractivity contribution in [1.29, 1.82) is 0 Å². The number of carboxylic acid groups (broad SMARTS) is 1. The number of carbonyl (C=O) groups is 6. The van der Waals surface area contributed by atoms with Gasteiger partial charge in [-0.25, -0.2) is 9.97 Å². The number of imidazole rings is 2. The van der Waals surface area contributed by atoms with Crippen LogP contribution in [-0.2, 0) is 9.59 Å². The van der Waals surface area contributed by atoms with Crippen molar-refractivity contribution in [2.75, 3.05) is 19.6 Å². The highest BCUT2D eigenvalue weighted by molar-refractivity contribution is 6.06. The predicted molar refractivity (Wildman–Crippen MR) is 174 cm³/mol. The third kappa shape index (κ3) is 12.8. The predicted octanol–water partition coefficient (Wildman–Crippen LogP) is -0.0176. The minimum absolute atomic E-state index is 0. The van der Waals surface area contributed by atoms with Crippen molar-refractivity contribution >= 4 is 47.8 Å². The van der Waals surface area contributed by atoms with Crippen molar-refractivity contribution in [2.45, 2.75) is 78.6 Å². The van der Waals surface area contributed by atoms with Crippen LogP contribution >= 0.6 is 12.4 Å². The van der Waals surface area contributed by atoms with Crippen LogP contribution in [-0.4, -0.2) is 104 Å². The number of halogens is 1. The molecule has 0 aliphatic heterocycles. The Labute approximate surface area is 279 Å². The minimum Gasteiger partial charge on any atom is -0.480 e. The number of aromatic amines is 2. The van der Waals surface area contributed by atoms with Crippen LogP contribution in [0.1, 0.15) is 96.3 Å². The topological polar surface area (TPSA) is 266 Å². The van der Waals surface area contributed by atoms with Gasteiger partial charge in [0.05, 0.1) is 25.2 Å². The number of ketones is 1. The molecule has 18 heteroatoms. The molecule has 0 fully saturated rings. The van der Waals surface area contributed by atoms with E-state index in [-0.39, 0.29) is 72.6 Å². The van der Waals surface area contributed by atoms with Crippen LogP contribution in [0.4, 0.5) is 0 Å². The van der Waals surface area contributed by atoms with Gasteiger partial charge >= 0.3 is 5.97 Å². The molecule has 17 nitrogen and oxygen atoms in total. The summed E-state index contributed by atoms with van der Waals surface area (Å²) in [5.41, 5.74) is 5.19. The van der Waals surface area contributed by atoms with Gasteiger partial charge in [0.2, 0.25) is 0 Å². The van der Waals surface area contributed by atoms with Gasteiger partial charge in [0.1, 0.15) is 17.4 Å². The van der Waals surface area contributed by atoms with E-state index in [9.17, 15) is 28.8 Å². The Morgan fingerprint density at radius 1 is 0.766 bits per heavy atom. The Morgan fingerprint density at radius 3 is 1.77 bits per heavy atom. The lowest BCUT2D eigenvalue weighted by atomic mass is 9.99. The quantitative estimate of drug-likeness (QED) is 0.0950. The molecule has 2 aromatic rings. The van der Waals surface area contributed by atoms with Crippen molar-refractivity contribution in [2.24, 2.45) is 17.6 Å². The molecule has 0 bridgehead atoms. The fourth-order valence-electron chi connectivity index (χ4n) is 4.50. The molecule has 2 rings (SSSR count). The van der Waals surface area contributed by atoms with Crippen LogP contribution in [0.5, 0.6) is 0 Å². The Bertz CT molecular complexity index is 1380. The summed E-state index contributed by atoms with van der Waals surface area (Å²) < 4.78 is 0. The normalized spacial score (nSPS) is 13.6. The molecule has 10 N–H and O–H groups in total. The maximum atomic E-state index is 13.2. The summed E-state index contributed by atoms with van der Waals surface area (Å²) >= 11 is 0. The Balaban J connectivity index is 0.0000110. The van der Waals surface area contributed by atoms with Crippen molar-refractivity contribution in [3.05, 3.63) is 35.4 Å². The van der Waals surface area contributed by atoms with Crippen molar-refractivity contribution in [1.82, 2.24) is 46.5 Å². The van der Waals surface area contributed by atoms with E-state index in [2.05, 4.69) is 46.5 Å². The molecule has 2 heterocycles. The zero-order chi connectivity index (χ0) is 34.6. The van der Waals surface area contributed by atoms with Crippen LogP contribution < -0.4 is 32.3 Å². The van der Waals surface area contributed by atoms with E-state index in [1.807, 2.05) is 27.7 Å². The lowest BCUT2D eigenvalue weighted by Crippen LogP contribution is -2.48. The number of hydrogen-bond donors (Lipinski definition) is 9. The highest BCUT2D eigenvalue weighted by Crippen LogP contribution is 2.11. The fourth-order valence-corrected chi connectivity index (χ4v) is 4.50. The van der Waals surface area contributed by atoms with Crippen LogP contribution in [0.3, 0.4) is 0 Å². The number of carbonyl (C=O) groups excluding carboxylic acids is 5. The first-order chi connectivity index (χ1) is 21.6. The number of carboxylic acids is 1. The van der Waals surface area contributed by atoms with E-state index in [1.165, 1.54) is 13.3 Å². The van der Waals surface area contributed by atoms with Gasteiger partial charge in [-0.15, -0.1) is 12.4 Å². The van der Waals surface area contributed by atoms with Gasteiger partial charge in [-0.05, 0) is 38.5 Å². The SMILES string of the molecule is CC(C)C[C@@H](CN)NC(=O)c1nc[nH]c1C(=O)N[C@@H](CC(C)C)C(=O)CNC[C@H](C)NC(=O)c1nc[nH]c1C(=O)N[C@@H](C)C(=O)O.Cl. The van der Waals surface area contributed by atoms with Crippen molar-refractivity contribution in [3.63, 3.8) is 0 Å². The van der Waals surface area contributed by atoms with Crippen LogP contribution in [0, 0.1) is 11.8 Å². The highest BCUT2D eigenvalue weighted by atomic mass is 35.5. The zero-order valence-electron chi connectivity index (χ0n) is 27.4. The van der Waals surface area contributed by atoms with Gasteiger partial charge in [-0.2, -0.15) is 0 Å². The average Bonchev–Trinajstić information content (AvgIpc) is 3.66. The van der Waals surface area contributed by atoms with Gasteiger partial charge in [-0.1, -0.05) is 27.7 Å². The summed E-state index contributed by atoms with van der Waals surface area (Å²) in [6.45, 7) is 11.0. The Morgan fingerprint density at radius 2 is 1.28 bits per heavy atom. The van der Waals surface area contributed by atoms with Gasteiger partial charge in [-0.3, -0.25) is 28.8 Å². The lowest BCUT2D eigenvalue weighted by Gasteiger charge is -2.21. The molecular formula is C29H47ClN10O7. The molecule has 0 unspecified atom stereocenters. The molecule has 4 amide bonds. The van der Waals surface area contributed by atoms with Gasteiger partial charge in [0.15, 0.2) is 17.2 Å². The third-order valence-corrected chi connectivity index (χ3v) is 6.78. The van der Waals surface area contributed by atoms with Gasteiger partial charge in [0, 0.05) is 25.2 Å². The maximum absolute atomic E-state index is 13.2. The first-order valence-corrected chi connectivity index (χ1v) is 15.1. The molecule has 0 aromatic carbocycles. The van der Waals surface area contributed by atoms with E-state index in [0.29, 0.717) is 18.8 Å². The second-order valence-corrected chi connectivity index (χ2v) is 11.9. The number of H-pyrrole nitrogens is 2. The molecule has 262 valence electrons. The summed E-state index contributed by atoms with van der Waals surface area (Å²) in [5.74, 6) is -3.90. The van der Waals surface area contributed by atoms with Crippen LogP contribution in [0.25, 0.3) is 0 Å². The van der Waals surface area contributed by atoms with E-state index < -0.39 is 47.7 Å². The second-order valence-electron chi connectivity index (χ2n) is 11.9. The lowest BCUT2D eigenvalue weighted by molar-refractivity contribution is -0.138. The first-order valence-electron chi connectivity index (χ1n) is 15.1. The number of aromatic nitrogens is 4. The fraction of sp³-hybridized carbons (Fsp3) is 0.586. The van der Waals surface area contributed by atoms with Crippen molar-refractivity contribution < 1.29 is 33.9 Å². The number of nitrogens with one attached hydrogen (secondary N) is 7. The van der Waals surface area contributed by atoms with E-state index in [0.717, 1.165) is 6.33 Å². The summed E-state index contributed by atoms with van der Waals surface area (Å²) in [6, 6.07) is -2.85. The molecule has 0 saturated carbocycles. The van der Waals surface area contributed by atoms with Crippen LogP contribution in [0.2, 0.25) is 0 Å². The van der Waals surface area contributed by atoms with Gasteiger partial charge < -0.3 is 47.4 Å². The number of Topliss-reactive ketones (excluding diaryl/α,β-unsaturated/α-hetero) is 1. The van der Waals surface area contributed by atoms with Gasteiger partial charge in [0.25, 0.3) is 23.6 Å². The molecule has 0 radical (unpaired) electrons. The second kappa shape index (κ2) is 19.3. The molecule has 47 heavy (non-hydrogen) atoms. The summed E-state index contributed by atoms with van der Waals surface area (Å²) in [4.78, 5) is 88.4. The van der Waals surface area contributed by atoms with Crippen molar-refractivity contribution in [3.8, 4) is 0 Å². The molecule has 0 aliphatic rings. The summed E-state index contributed by atoms with van der Waals surface area (Å²) in [5, 5.41) is 22.4. The number of nitrogens with two attached hydrogens (primary N) is 1. The number of nitrogens with zero attached hydrogens (tertiary/aromatic N) is 2. The number of amides is 4. The third-order valence-electron chi connectivity index (χ3n) is 6.78. The van der Waals surface area contributed by atoms with E-state index >= 15 is 0 Å². The largest absolute Gasteiger partial charge is 0.480 e. The van der Waals surface area contributed by atoms with Crippen LogP contribution in [0.15, 0.2) is 12.7 Å².